The first kappa shape index (κ1) is 63.4. The summed E-state index contributed by atoms with van der Waals surface area (Å²) in [4.78, 5) is 20.1. The van der Waals surface area contributed by atoms with Crippen molar-refractivity contribution in [2.75, 3.05) is 0 Å². The highest BCUT2D eigenvalue weighted by Gasteiger charge is 2.52. The monoisotopic (exact) mass is 1480 g/mol. The van der Waals surface area contributed by atoms with Crippen LogP contribution in [0.25, 0.3) is 217 Å². The van der Waals surface area contributed by atoms with E-state index < -0.39 is 0 Å². The largest absolute Gasteiger partial charge is 0.494 e. The molecule has 1 aliphatic heterocycles. The molecule has 1 fully saturated rings. The van der Waals surface area contributed by atoms with E-state index in [1.54, 1.807) is 0 Å². The highest BCUT2D eigenvalue weighted by atomic mass is 35.5. The van der Waals surface area contributed by atoms with Crippen molar-refractivity contribution >= 4 is 240 Å². The van der Waals surface area contributed by atoms with Crippen molar-refractivity contribution in [3.8, 4) is 23.0 Å². The standard InChI is InChI=1S/C44H23N3O2S.C32H16ClN3OS.C18H19BO3/c1-2-13-27-26(12-1)37-28-14-3-7-17-32(28)47(40(37)42-38(27)30-16-6-10-20-36(30)50-42)44-41-39(29-15-5-9-19-34(29)49-41)45-43(46-44)24-21-22-35-31(23-24)25-11-4-8-18-33(25)48-35;33-32-34-27-20-12-4-7-15-23(20)37-29(27)31(35-32)36-22-14-6-3-11-19(22)25-17-9-1-2-10-18(17)26-21-13-5-8-16-24(21)38-30(26)28(25)36;1-17(2)18(3,4)22-19(21-17)12-9-10-16-14(11-12)13-7-5-6-8-15(13)20-16/h1-23H;1-16H;5-11H,1-4H3. The molecule has 24 aromatic rings. The number of halogens is 1. The molecule has 14 aromatic carbocycles. The van der Waals surface area contributed by atoms with Crippen LogP contribution < -0.4 is 5.46 Å². The zero-order valence-corrected chi connectivity index (χ0v) is 61.9. The van der Waals surface area contributed by atoms with Gasteiger partial charge in [-0.1, -0.05) is 194 Å². The van der Waals surface area contributed by atoms with Gasteiger partial charge in [0.05, 0.1) is 42.7 Å². The maximum Gasteiger partial charge on any atom is 0.494 e. The van der Waals surface area contributed by atoms with Gasteiger partial charge in [0.15, 0.2) is 28.6 Å². The Hall–Kier alpha value is -12.7. The third-order valence-electron chi connectivity index (χ3n) is 22.7. The maximum absolute atomic E-state index is 6.71. The second-order valence-electron chi connectivity index (χ2n) is 29.3. The van der Waals surface area contributed by atoms with Gasteiger partial charge < -0.3 is 27.0 Å². The molecule has 1 aliphatic rings. The van der Waals surface area contributed by atoms with Crippen LogP contribution in [-0.2, 0) is 9.31 Å². The lowest BCUT2D eigenvalue weighted by molar-refractivity contribution is 0.00578. The van der Waals surface area contributed by atoms with Gasteiger partial charge in [0.25, 0.3) is 0 Å². The van der Waals surface area contributed by atoms with Crippen LogP contribution in [0, 0.1) is 0 Å². The van der Waals surface area contributed by atoms with Crippen LogP contribution in [-0.4, -0.2) is 47.4 Å². The summed E-state index contributed by atoms with van der Waals surface area (Å²) < 4.78 is 47.0. The number of hydrogen-bond acceptors (Lipinski definition) is 12. The molecule has 110 heavy (non-hydrogen) atoms. The summed E-state index contributed by atoms with van der Waals surface area (Å²) >= 11 is 10.3. The fourth-order valence-electron chi connectivity index (χ4n) is 17.0. The summed E-state index contributed by atoms with van der Waals surface area (Å²) in [6, 6.07) is 96.7. The molecule has 0 aliphatic carbocycles. The number of benzene rings is 14. The number of thiophene rings is 2. The number of fused-ring (bicyclic) bond motifs is 32. The Kier molecular flexibility index (Phi) is 13.6. The van der Waals surface area contributed by atoms with E-state index in [-0.39, 0.29) is 23.6 Å². The molecular weight excluding hydrogens is 1420 g/mol. The van der Waals surface area contributed by atoms with E-state index in [1.807, 2.05) is 120 Å². The number of furan rings is 4. The highest BCUT2D eigenvalue weighted by molar-refractivity contribution is 7.27. The van der Waals surface area contributed by atoms with Gasteiger partial charge in [0.1, 0.15) is 44.5 Å². The number of para-hydroxylation sites is 6. The first-order chi connectivity index (χ1) is 53.9. The minimum absolute atomic E-state index is 0.193. The molecule has 25 rings (SSSR count). The van der Waals surface area contributed by atoms with Crippen molar-refractivity contribution in [3.63, 3.8) is 0 Å². The molecule has 16 heteroatoms. The Morgan fingerprint density at radius 1 is 0.327 bits per heavy atom. The number of hydrogen-bond donors (Lipinski definition) is 0. The minimum Gasteiger partial charge on any atom is -0.456 e. The summed E-state index contributed by atoms with van der Waals surface area (Å²) in [6.07, 6.45) is 0. The minimum atomic E-state index is -0.344. The molecule has 0 bridgehead atoms. The summed E-state index contributed by atoms with van der Waals surface area (Å²) in [5, 5.41) is 21.2. The molecular formula is C94H58BClN6O6S2. The SMILES string of the molecule is CC1(C)OB(c2ccc3oc4ccccc4c3c2)OC1(C)C.Clc1nc(-n2c3ccccc3c3c4ccccc4c4c5ccccc5sc4c32)c2oc3ccccc3c2n1.c1ccc2c(c1)oc1ccc(-c3nc(-n4c5ccccc5c5c6ccccc6c6c7ccccc7sc6c54)c4oc5ccccc5c4n3)cc12. The number of rotatable bonds is 4. The van der Waals surface area contributed by atoms with Crippen LogP contribution in [0.15, 0.2) is 297 Å². The second kappa shape index (κ2) is 23.6. The average Bonchev–Trinajstić information content (AvgIpc) is 1.53. The third-order valence-corrected chi connectivity index (χ3v) is 25.2. The van der Waals surface area contributed by atoms with Crippen LogP contribution in [0.5, 0.6) is 0 Å². The Morgan fingerprint density at radius 3 is 1.20 bits per heavy atom. The lowest BCUT2D eigenvalue weighted by atomic mass is 9.78. The molecule has 0 saturated carbocycles. The summed E-state index contributed by atoms with van der Waals surface area (Å²) in [5.41, 5.74) is 13.5. The van der Waals surface area contributed by atoms with Gasteiger partial charge in [-0.05, 0) is 151 Å². The predicted molar refractivity (Wildman–Crippen MR) is 455 cm³/mol. The summed E-state index contributed by atoms with van der Waals surface area (Å²) in [5.74, 6) is 2.00. The van der Waals surface area contributed by atoms with Crippen LogP contribution in [0.1, 0.15) is 27.7 Å². The van der Waals surface area contributed by atoms with Crippen molar-refractivity contribution < 1.29 is 27.0 Å². The van der Waals surface area contributed by atoms with Gasteiger partial charge in [-0.25, -0.2) is 15.0 Å². The van der Waals surface area contributed by atoms with Crippen LogP contribution >= 0.6 is 34.3 Å². The molecule has 0 atom stereocenters. The molecule has 1 saturated heterocycles. The third kappa shape index (κ3) is 9.27. The van der Waals surface area contributed by atoms with Gasteiger partial charge in [-0.2, -0.15) is 4.98 Å². The Morgan fingerprint density at radius 2 is 0.700 bits per heavy atom. The molecule has 10 aromatic heterocycles. The van der Waals surface area contributed by atoms with E-state index >= 15 is 0 Å². The van der Waals surface area contributed by atoms with Gasteiger partial charge in [0, 0.05) is 90.4 Å². The van der Waals surface area contributed by atoms with Crippen molar-refractivity contribution in [2.24, 2.45) is 0 Å². The first-order valence-electron chi connectivity index (χ1n) is 36.7. The smallest absolute Gasteiger partial charge is 0.456 e. The molecule has 522 valence electrons. The maximum atomic E-state index is 6.71. The molecule has 12 nitrogen and oxygen atoms in total. The first-order valence-corrected chi connectivity index (χ1v) is 38.7. The van der Waals surface area contributed by atoms with Gasteiger partial charge >= 0.3 is 7.12 Å². The quantitative estimate of drug-likeness (QED) is 0.124. The Labute approximate surface area is 638 Å². The fraction of sp³-hybridized carbons (Fsp3) is 0.0638. The Balaban J connectivity index is 0.000000107. The zero-order valence-electron chi connectivity index (χ0n) is 59.5. The number of aromatic nitrogens is 6. The van der Waals surface area contributed by atoms with Crippen molar-refractivity contribution in [1.82, 2.24) is 29.1 Å². The topological polar surface area (TPSA) is 132 Å². The zero-order chi connectivity index (χ0) is 73.0. The van der Waals surface area contributed by atoms with Crippen LogP contribution in [0.4, 0.5) is 0 Å². The van der Waals surface area contributed by atoms with E-state index in [0.717, 1.165) is 121 Å². The van der Waals surface area contributed by atoms with E-state index in [9.17, 15) is 0 Å². The normalized spacial score (nSPS) is 13.9. The lowest BCUT2D eigenvalue weighted by Crippen LogP contribution is -2.41. The molecule has 11 heterocycles. The predicted octanol–water partition coefficient (Wildman–Crippen LogP) is 26.1. The molecule has 0 radical (unpaired) electrons. The van der Waals surface area contributed by atoms with E-state index in [1.165, 1.54) is 78.0 Å². The molecule has 0 amide bonds. The van der Waals surface area contributed by atoms with Gasteiger partial charge in [-0.3, -0.25) is 9.13 Å². The van der Waals surface area contributed by atoms with Gasteiger partial charge in [-0.15, -0.1) is 22.7 Å². The molecule has 0 N–H and O–H groups in total. The molecule has 0 unspecified atom stereocenters. The summed E-state index contributed by atoms with van der Waals surface area (Å²) in [7, 11) is -0.344. The van der Waals surface area contributed by atoms with Crippen LogP contribution in [0.2, 0.25) is 5.28 Å². The summed E-state index contributed by atoms with van der Waals surface area (Å²) in [6.45, 7) is 8.27. The van der Waals surface area contributed by atoms with E-state index in [4.69, 9.17) is 53.5 Å². The lowest BCUT2D eigenvalue weighted by Gasteiger charge is -2.32. The van der Waals surface area contributed by atoms with Crippen molar-refractivity contribution in [1.29, 1.82) is 0 Å². The van der Waals surface area contributed by atoms with Crippen molar-refractivity contribution in [3.05, 3.63) is 284 Å². The average molecular weight is 1480 g/mol. The van der Waals surface area contributed by atoms with E-state index in [0.29, 0.717) is 22.8 Å². The Bertz CT molecular complexity index is 8060. The van der Waals surface area contributed by atoms with E-state index in [2.05, 4.69) is 224 Å². The van der Waals surface area contributed by atoms with Crippen LogP contribution in [0.3, 0.4) is 0 Å². The number of nitrogens with zero attached hydrogens (tertiary/aromatic N) is 6. The second-order valence-corrected chi connectivity index (χ2v) is 31.8. The highest BCUT2D eigenvalue weighted by Crippen LogP contribution is 2.52. The molecule has 0 spiro atoms. The van der Waals surface area contributed by atoms with Crippen molar-refractivity contribution in [2.45, 2.75) is 38.9 Å². The fourth-order valence-corrected chi connectivity index (χ4v) is 19.7. The van der Waals surface area contributed by atoms with Gasteiger partial charge in [0.2, 0.25) is 5.28 Å².